The van der Waals surface area contributed by atoms with Crippen molar-refractivity contribution < 1.29 is 13.6 Å². The average Bonchev–Trinajstić information content (AvgIpc) is 3.41. The van der Waals surface area contributed by atoms with E-state index in [1.54, 1.807) is 12.1 Å². The minimum atomic E-state index is -0.507. The zero-order valence-electron chi connectivity index (χ0n) is 18.9. The predicted octanol–water partition coefficient (Wildman–Crippen LogP) is 4.74. The fraction of sp³-hybridized carbons (Fsp3) is 0.320. The third-order valence-electron chi connectivity index (χ3n) is 5.94. The minimum Gasteiger partial charge on any atom is -0.421 e. The number of carbonyl (C=O) groups is 1. The smallest absolute Gasteiger partial charge is 0.247 e. The van der Waals surface area contributed by atoms with Crippen molar-refractivity contribution in [3.05, 3.63) is 65.6 Å². The lowest BCUT2D eigenvalue weighted by Crippen LogP contribution is -2.14. The zero-order chi connectivity index (χ0) is 23.5. The van der Waals surface area contributed by atoms with Crippen molar-refractivity contribution in [1.29, 1.82) is 0 Å². The number of hydrogen-bond donors (Lipinski definition) is 1. The molecular formula is C25H25FN6O2. The molecule has 34 heavy (non-hydrogen) atoms. The summed E-state index contributed by atoms with van der Waals surface area (Å²) in [7, 11) is 0. The van der Waals surface area contributed by atoms with E-state index in [9.17, 15) is 9.18 Å². The molecule has 1 amide bonds. The Bertz CT molecular complexity index is 1310. The van der Waals surface area contributed by atoms with Gasteiger partial charge in [-0.25, -0.2) is 4.39 Å². The number of fused-ring (bicyclic) bond motifs is 1. The van der Waals surface area contributed by atoms with E-state index in [0.29, 0.717) is 17.6 Å². The fourth-order valence-corrected chi connectivity index (χ4v) is 4.06. The van der Waals surface area contributed by atoms with Crippen LogP contribution in [0.15, 0.2) is 46.9 Å². The van der Waals surface area contributed by atoms with Gasteiger partial charge >= 0.3 is 0 Å². The van der Waals surface area contributed by atoms with Crippen LogP contribution in [-0.2, 0) is 24.2 Å². The molecule has 0 saturated carbocycles. The molecule has 0 atom stereocenters. The molecule has 8 nitrogen and oxygen atoms in total. The summed E-state index contributed by atoms with van der Waals surface area (Å²) < 4.78 is 22.2. The summed E-state index contributed by atoms with van der Waals surface area (Å²) in [5, 5.41) is 19.4. The van der Waals surface area contributed by atoms with Gasteiger partial charge in [-0.2, -0.15) is 0 Å². The molecule has 1 aliphatic rings. The highest BCUT2D eigenvalue weighted by atomic mass is 19.1. The number of hydrogen-bond acceptors (Lipinski definition) is 6. The first-order valence-corrected chi connectivity index (χ1v) is 11.5. The summed E-state index contributed by atoms with van der Waals surface area (Å²) in [6, 6.07) is 12.4. The number of benzene rings is 2. The molecule has 174 valence electrons. The van der Waals surface area contributed by atoms with Gasteiger partial charge < -0.3 is 14.3 Å². The Morgan fingerprint density at radius 2 is 1.85 bits per heavy atom. The van der Waals surface area contributed by atoms with Crippen molar-refractivity contribution in [3.8, 4) is 22.8 Å². The Balaban J connectivity index is 1.25. The van der Waals surface area contributed by atoms with Gasteiger partial charge in [0.1, 0.15) is 11.6 Å². The number of halogens is 1. The van der Waals surface area contributed by atoms with Crippen LogP contribution in [0.4, 0.5) is 10.1 Å². The average molecular weight is 461 g/mol. The second-order valence-corrected chi connectivity index (χ2v) is 8.51. The van der Waals surface area contributed by atoms with Gasteiger partial charge in [-0.05, 0) is 50.1 Å². The van der Waals surface area contributed by atoms with Crippen LogP contribution >= 0.6 is 0 Å². The van der Waals surface area contributed by atoms with Gasteiger partial charge in [0.15, 0.2) is 5.82 Å². The van der Waals surface area contributed by atoms with Gasteiger partial charge in [-0.3, -0.25) is 4.79 Å². The third-order valence-corrected chi connectivity index (χ3v) is 5.94. The Morgan fingerprint density at radius 3 is 2.71 bits per heavy atom. The quantitative estimate of drug-likeness (QED) is 0.446. The van der Waals surface area contributed by atoms with E-state index in [1.165, 1.54) is 6.07 Å². The molecule has 4 aromatic rings. The number of aromatic nitrogens is 5. The molecule has 0 spiro atoms. The van der Waals surface area contributed by atoms with E-state index in [4.69, 9.17) is 4.42 Å². The first-order valence-electron chi connectivity index (χ1n) is 11.5. The molecule has 2 aromatic heterocycles. The zero-order valence-corrected chi connectivity index (χ0v) is 18.9. The molecule has 1 aliphatic heterocycles. The molecule has 3 heterocycles. The first kappa shape index (κ1) is 21.9. The van der Waals surface area contributed by atoms with Gasteiger partial charge in [0.2, 0.25) is 17.7 Å². The van der Waals surface area contributed by atoms with Crippen LogP contribution < -0.4 is 5.32 Å². The SMILES string of the molecule is Cc1ccc(-c2nnc(CCC(=O)Nc3cc(-c4nnc5n4CCCCC5)ccc3F)o2)cc1. The molecule has 2 aromatic carbocycles. The molecular weight excluding hydrogens is 435 g/mol. The summed E-state index contributed by atoms with van der Waals surface area (Å²) in [5.74, 6) is 1.56. The number of nitrogens with one attached hydrogen (secondary N) is 1. The summed E-state index contributed by atoms with van der Waals surface area (Å²) in [5.41, 5.74) is 2.78. The third kappa shape index (κ3) is 4.73. The highest BCUT2D eigenvalue weighted by Gasteiger charge is 2.18. The van der Waals surface area contributed by atoms with E-state index >= 15 is 0 Å². The van der Waals surface area contributed by atoms with Crippen molar-refractivity contribution in [3.63, 3.8) is 0 Å². The van der Waals surface area contributed by atoms with E-state index in [1.807, 2.05) is 31.2 Å². The van der Waals surface area contributed by atoms with Gasteiger partial charge in [0.25, 0.3) is 0 Å². The number of carbonyl (C=O) groups excluding carboxylic acids is 1. The van der Waals surface area contributed by atoms with E-state index in [0.717, 1.165) is 54.7 Å². The molecule has 0 fully saturated rings. The monoisotopic (exact) mass is 460 g/mol. The van der Waals surface area contributed by atoms with Gasteiger partial charge in [0, 0.05) is 36.9 Å². The maximum Gasteiger partial charge on any atom is 0.247 e. The van der Waals surface area contributed by atoms with Crippen LogP contribution in [-0.4, -0.2) is 30.9 Å². The van der Waals surface area contributed by atoms with Gasteiger partial charge in [0.05, 0.1) is 5.69 Å². The summed E-state index contributed by atoms with van der Waals surface area (Å²) in [6.45, 7) is 2.84. The highest BCUT2D eigenvalue weighted by Crippen LogP contribution is 2.27. The standard InChI is InChI=1S/C25H25FN6O2/c1-16-6-8-17(9-7-16)25-31-29-23(34-25)13-12-22(33)27-20-15-18(10-11-19(20)26)24-30-28-21-5-3-2-4-14-32(21)24/h6-11,15H,2-5,12-14H2,1H3,(H,27,33). The van der Waals surface area contributed by atoms with Crippen LogP contribution in [0.3, 0.4) is 0 Å². The van der Waals surface area contributed by atoms with Gasteiger partial charge in [-0.15, -0.1) is 20.4 Å². The lowest BCUT2D eigenvalue weighted by molar-refractivity contribution is -0.116. The van der Waals surface area contributed by atoms with Crippen LogP contribution in [0.1, 0.15) is 43.0 Å². The molecule has 0 bridgehead atoms. The maximum atomic E-state index is 14.5. The van der Waals surface area contributed by atoms with Crippen LogP contribution in [0.5, 0.6) is 0 Å². The molecule has 0 saturated heterocycles. The van der Waals surface area contributed by atoms with Gasteiger partial charge in [-0.1, -0.05) is 24.1 Å². The molecule has 0 unspecified atom stereocenters. The topological polar surface area (TPSA) is 98.7 Å². The second-order valence-electron chi connectivity index (χ2n) is 8.51. The Labute approximate surface area is 196 Å². The number of anilines is 1. The van der Waals surface area contributed by atoms with Crippen molar-refractivity contribution in [2.24, 2.45) is 0 Å². The maximum absolute atomic E-state index is 14.5. The lowest BCUT2D eigenvalue weighted by Gasteiger charge is -2.10. The first-order chi connectivity index (χ1) is 16.6. The molecule has 0 aliphatic carbocycles. The second kappa shape index (κ2) is 9.54. The summed E-state index contributed by atoms with van der Waals surface area (Å²) in [4.78, 5) is 12.5. The van der Waals surface area contributed by atoms with E-state index < -0.39 is 5.82 Å². The fourth-order valence-electron chi connectivity index (χ4n) is 4.06. The van der Waals surface area contributed by atoms with Crippen molar-refractivity contribution >= 4 is 11.6 Å². The molecule has 5 rings (SSSR count). The molecule has 0 radical (unpaired) electrons. The van der Waals surface area contributed by atoms with Crippen LogP contribution in [0.2, 0.25) is 0 Å². The predicted molar refractivity (Wildman–Crippen MR) is 124 cm³/mol. The summed E-state index contributed by atoms with van der Waals surface area (Å²) >= 11 is 0. The normalized spacial score (nSPS) is 13.4. The number of rotatable bonds is 6. The van der Waals surface area contributed by atoms with E-state index in [-0.39, 0.29) is 24.4 Å². The largest absolute Gasteiger partial charge is 0.421 e. The van der Waals surface area contributed by atoms with Crippen molar-refractivity contribution in [1.82, 2.24) is 25.0 Å². The number of nitrogens with zero attached hydrogens (tertiary/aromatic N) is 5. The lowest BCUT2D eigenvalue weighted by atomic mass is 10.1. The Kier molecular flexibility index (Phi) is 6.16. The Hall–Kier alpha value is -3.88. The molecule has 1 N–H and O–H groups in total. The number of amides is 1. The Morgan fingerprint density at radius 1 is 1.03 bits per heavy atom. The van der Waals surface area contributed by atoms with Crippen molar-refractivity contribution in [2.45, 2.75) is 52.0 Å². The van der Waals surface area contributed by atoms with Crippen LogP contribution in [0.25, 0.3) is 22.8 Å². The van der Waals surface area contributed by atoms with Crippen molar-refractivity contribution in [2.75, 3.05) is 5.32 Å². The van der Waals surface area contributed by atoms with E-state index in [2.05, 4.69) is 30.3 Å². The van der Waals surface area contributed by atoms with Crippen LogP contribution in [0, 0.1) is 12.7 Å². The summed E-state index contributed by atoms with van der Waals surface area (Å²) in [6.07, 6.45) is 4.53. The molecule has 9 heteroatoms. The minimum absolute atomic E-state index is 0.0829. The number of aryl methyl sites for hydroxylation is 3. The highest BCUT2D eigenvalue weighted by molar-refractivity contribution is 5.91.